The van der Waals surface area contributed by atoms with Gasteiger partial charge in [0.15, 0.2) is 0 Å². The van der Waals surface area contributed by atoms with E-state index in [0.717, 1.165) is 0 Å². The van der Waals surface area contributed by atoms with Gasteiger partial charge in [-0.15, -0.1) is 0 Å². The summed E-state index contributed by atoms with van der Waals surface area (Å²) in [5.41, 5.74) is -11.9. The Labute approximate surface area is 291 Å². The van der Waals surface area contributed by atoms with Gasteiger partial charge in [0.05, 0.1) is 0 Å². The van der Waals surface area contributed by atoms with Gasteiger partial charge in [-0.25, -0.2) is 13.2 Å². The molecule has 0 spiro atoms. The molecule has 0 bridgehead atoms. The second-order valence-corrected chi connectivity index (χ2v) is 10.9. The molecule has 0 aromatic rings. The highest BCUT2D eigenvalue weighted by molar-refractivity contribution is 14.1. The number of hydrogen-bond donors (Lipinski definition) is 0. The van der Waals surface area contributed by atoms with Crippen LogP contribution in [0.1, 0.15) is 15.3 Å². The van der Waals surface area contributed by atoms with Crippen LogP contribution in [-0.2, 0) is 0 Å². The highest BCUT2D eigenvalue weighted by atomic mass is 127. The highest BCUT2D eigenvalue weighted by Crippen LogP contribution is 2.52. The molecule has 0 saturated carbocycles. The van der Waals surface area contributed by atoms with E-state index in [1.165, 1.54) is 0 Å². The molecule has 0 aliphatic carbocycles. The van der Waals surface area contributed by atoms with Crippen molar-refractivity contribution < 1.29 is 133 Å². The van der Waals surface area contributed by atoms with Gasteiger partial charge in [-0.05, 0) is 28.7 Å². The van der Waals surface area contributed by atoms with Crippen LogP contribution in [0.3, 0.4) is 0 Å². The summed E-state index contributed by atoms with van der Waals surface area (Å²) >= 11 is -0.0390. The largest absolute Gasteiger partial charge is 0.441 e. The normalized spacial score (nSPS) is 15.3. The third-order valence-electron chi connectivity index (χ3n) is 3.98. The van der Waals surface area contributed by atoms with Crippen molar-refractivity contribution in [3.63, 3.8) is 0 Å². The third-order valence-corrected chi connectivity index (χ3v) is 6.35. The van der Waals surface area contributed by atoms with Crippen LogP contribution < -0.4 is 0 Å². The molecule has 32 heteroatoms. The molecule has 0 heterocycles. The summed E-state index contributed by atoms with van der Waals surface area (Å²) in [6.07, 6.45) is -58.7. The van der Waals surface area contributed by atoms with Crippen molar-refractivity contribution in [3.05, 3.63) is 24.8 Å². The molecule has 0 rings (SSSR count). The average Bonchev–Trinajstić information content (AvgIpc) is 2.77. The monoisotopic (exact) mass is 1070 g/mol. The van der Waals surface area contributed by atoms with Gasteiger partial charge >= 0.3 is 70.6 Å². The molecule has 0 saturated heterocycles. The van der Waals surface area contributed by atoms with Crippen molar-refractivity contribution in [2.45, 2.75) is 88.4 Å². The summed E-state index contributed by atoms with van der Waals surface area (Å²) in [5.74, 6) is 0. The van der Waals surface area contributed by atoms with Crippen molar-refractivity contribution in [2.75, 3.05) is 0 Å². The van der Waals surface area contributed by atoms with E-state index in [-0.39, 0.29) is 60.1 Å². The first-order chi connectivity index (χ1) is 20.9. The standard InChI is InChI=1S/C6H3F10I.C6H2F10.C3F7I.C3H3F3.CH4.H2/c7-3(5(11,12)13,6(14,15)16)1-2(17)4(8,9)10;7-3(5(11,12)13,6(14,15)16)1-2-4(8,9)10;4-1(11,2(5,6)7)3(8,9)10;1-2-3(4,5)6;;/h2H,1H2;1-2H;;2H,1H2;1H4;1H/b;2-1+;;;;/i;;;;;1+1. The molecular formula is C19H14F30I2. The van der Waals surface area contributed by atoms with Crippen LogP contribution in [0.15, 0.2) is 24.8 Å². The maximum absolute atomic E-state index is 12.8. The summed E-state index contributed by atoms with van der Waals surface area (Å²) in [7, 11) is 0. The van der Waals surface area contributed by atoms with E-state index >= 15 is 0 Å². The van der Waals surface area contributed by atoms with Crippen LogP contribution in [0.25, 0.3) is 0 Å². The number of hydrogen-bond acceptors (Lipinski definition) is 0. The Kier molecular flexibility index (Phi) is 21.4. The number of allylic oxidation sites excluding steroid dienone is 3. The van der Waals surface area contributed by atoms with Gasteiger partial charge in [0.2, 0.25) is 0 Å². The Bertz CT molecular complexity index is 997. The van der Waals surface area contributed by atoms with Crippen LogP contribution in [0.4, 0.5) is 132 Å². The van der Waals surface area contributed by atoms with E-state index in [0.29, 0.717) is 0 Å². The summed E-state index contributed by atoms with van der Waals surface area (Å²) in [6, 6.07) is 0. The molecule has 0 fully saturated rings. The molecular weight excluding hydrogens is 1050 g/mol. The second kappa shape index (κ2) is 18.4. The van der Waals surface area contributed by atoms with Crippen molar-refractivity contribution >= 4 is 45.2 Å². The molecule has 0 aliphatic rings. The number of alkyl halides is 32. The Morgan fingerprint density at radius 2 is 0.706 bits per heavy atom. The van der Waals surface area contributed by atoms with E-state index in [1.807, 2.05) is 0 Å². The summed E-state index contributed by atoms with van der Waals surface area (Å²) in [5, 5.41) is 0. The summed E-state index contributed by atoms with van der Waals surface area (Å²) < 4.78 is 339. The summed E-state index contributed by atoms with van der Waals surface area (Å²) in [4.78, 5) is 0. The zero-order valence-corrected chi connectivity index (χ0v) is 26.1. The number of halogens is 32. The van der Waals surface area contributed by atoms with Crippen LogP contribution in [0, 0.1) is 0 Å². The molecule has 0 aromatic carbocycles. The molecule has 314 valence electrons. The van der Waals surface area contributed by atoms with Crippen LogP contribution in [0.2, 0.25) is 0 Å². The molecule has 1 unspecified atom stereocenters. The van der Waals surface area contributed by atoms with Gasteiger partial charge in [-0.1, -0.05) is 36.6 Å². The quantitative estimate of drug-likeness (QED) is 0.114. The van der Waals surface area contributed by atoms with Crippen LogP contribution in [0.5, 0.6) is 0 Å². The van der Waals surface area contributed by atoms with Gasteiger partial charge in [-0.3, -0.25) is 0 Å². The lowest BCUT2D eigenvalue weighted by Crippen LogP contribution is -2.55. The van der Waals surface area contributed by atoms with Gasteiger partial charge in [0.25, 0.3) is 0 Å². The van der Waals surface area contributed by atoms with E-state index in [2.05, 4.69) is 6.58 Å². The first-order valence-corrected chi connectivity index (χ1v) is 12.6. The van der Waals surface area contributed by atoms with E-state index < -0.39 is 93.1 Å². The SMILES string of the molecule is C.C=CC(F)(F)F.FC(F)(F)/C=C/C(F)(C(F)(F)F)C(F)(F)F.FC(F)(F)C(F)(I)C(F)(F)F.FC(F)(F)C(I)CC(F)(C(F)(F)F)C(F)(F)F.[2HH]. The minimum absolute atomic E-state index is 0. The molecule has 0 aliphatic heterocycles. The van der Waals surface area contributed by atoms with Crippen molar-refractivity contribution in [3.8, 4) is 0 Å². The van der Waals surface area contributed by atoms with Gasteiger partial charge in [-0.2, -0.15) is 119 Å². The minimum Gasteiger partial charge on any atom is -0.224 e. The maximum Gasteiger partial charge on any atom is 0.441 e. The molecule has 0 nitrogen and oxygen atoms in total. The van der Waals surface area contributed by atoms with Crippen molar-refractivity contribution in [1.82, 2.24) is 0 Å². The van der Waals surface area contributed by atoms with Crippen molar-refractivity contribution in [2.24, 2.45) is 0 Å². The molecule has 0 radical (unpaired) electrons. The Morgan fingerprint density at radius 3 is 0.824 bits per heavy atom. The molecule has 0 N–H and O–H groups in total. The van der Waals surface area contributed by atoms with Crippen LogP contribution in [-0.4, -0.2) is 74.5 Å². The fraction of sp³-hybridized carbons (Fsp3) is 0.789. The highest BCUT2D eigenvalue weighted by Gasteiger charge is 2.74. The molecule has 51 heavy (non-hydrogen) atoms. The van der Waals surface area contributed by atoms with Gasteiger partial charge in [0, 0.05) is 20.0 Å². The lowest BCUT2D eigenvalue weighted by atomic mass is 9.98. The fourth-order valence-electron chi connectivity index (χ4n) is 1.47. The van der Waals surface area contributed by atoms with Crippen molar-refractivity contribution in [1.29, 1.82) is 0 Å². The zero-order chi connectivity index (χ0) is 42.4. The molecule has 1 atom stereocenters. The lowest BCUT2D eigenvalue weighted by Gasteiger charge is -2.31. The predicted molar refractivity (Wildman–Crippen MR) is 131 cm³/mol. The zero-order valence-electron chi connectivity index (χ0n) is 21.8. The molecule has 0 aromatic heterocycles. The smallest absolute Gasteiger partial charge is 0.224 e. The average molecular weight is 1070 g/mol. The Hall–Kier alpha value is -1.16. The first kappa shape index (κ1) is 59.1. The lowest BCUT2D eigenvalue weighted by molar-refractivity contribution is -0.345. The Balaban J connectivity index is -0.000000141. The van der Waals surface area contributed by atoms with E-state index in [9.17, 15) is 132 Å². The minimum atomic E-state index is -6.52. The third kappa shape index (κ3) is 19.7. The van der Waals surface area contributed by atoms with E-state index in [1.54, 1.807) is 0 Å². The van der Waals surface area contributed by atoms with E-state index in [4.69, 9.17) is 0 Å². The van der Waals surface area contributed by atoms with Crippen LogP contribution >= 0.6 is 45.2 Å². The molecule has 0 amide bonds. The summed E-state index contributed by atoms with van der Waals surface area (Å²) in [6.45, 7) is 2.51. The Morgan fingerprint density at radius 1 is 0.451 bits per heavy atom. The van der Waals surface area contributed by atoms with Gasteiger partial charge < -0.3 is 0 Å². The first-order valence-electron chi connectivity index (χ1n) is 10.2. The second-order valence-electron chi connectivity index (χ2n) is 7.91. The number of rotatable bonds is 3. The maximum atomic E-state index is 12.8. The topological polar surface area (TPSA) is 0 Å². The fourth-order valence-corrected chi connectivity index (χ4v) is 2.08. The van der Waals surface area contributed by atoms with Gasteiger partial charge in [0.1, 0.15) is 3.92 Å². The predicted octanol–water partition coefficient (Wildman–Crippen LogP) is 14.3.